The minimum absolute atomic E-state index is 0.0310. The van der Waals surface area contributed by atoms with Gasteiger partial charge in [-0.15, -0.1) is 12.6 Å². The van der Waals surface area contributed by atoms with E-state index in [1.165, 1.54) is 0 Å². The molecule has 1 unspecified atom stereocenters. The van der Waals surface area contributed by atoms with Crippen LogP contribution in [-0.2, 0) is 0 Å². The number of thiol groups is 2. The van der Waals surface area contributed by atoms with Crippen LogP contribution in [0.2, 0.25) is 0 Å². The van der Waals surface area contributed by atoms with Crippen LogP contribution in [0.4, 0.5) is 0 Å². The summed E-state index contributed by atoms with van der Waals surface area (Å²) in [6, 6.07) is 2.05. The Labute approximate surface area is 168 Å². The molecule has 0 spiro atoms. The molecule has 5 heteroatoms. The van der Waals surface area contributed by atoms with Crippen molar-refractivity contribution in [3.63, 3.8) is 0 Å². The van der Waals surface area contributed by atoms with Gasteiger partial charge in [-0.3, -0.25) is 0 Å². The molecule has 0 nitrogen and oxygen atoms in total. The average molecular weight is 362 g/mol. The first-order valence-corrected chi connectivity index (χ1v) is 9.27. The standard InChI is InChI=1S/C20H25B3S2/c1-9(2)15(19(24)10(3)4)18(23)16(21)12(6)14-8-11(5)20(25)17(22)13(14)7/h8,10,19,24-25H,1H2,2-7H3/b16-12-,18-15-. The van der Waals surface area contributed by atoms with E-state index in [4.69, 9.17) is 36.2 Å². The van der Waals surface area contributed by atoms with E-state index in [1.807, 2.05) is 33.8 Å². The number of hydrogen-bond acceptors (Lipinski definition) is 2. The summed E-state index contributed by atoms with van der Waals surface area (Å²) >= 11 is 9.18. The van der Waals surface area contributed by atoms with Crippen molar-refractivity contribution < 1.29 is 0 Å². The number of rotatable bonds is 5. The van der Waals surface area contributed by atoms with Gasteiger partial charge >= 0.3 is 0 Å². The average Bonchev–Trinajstić information content (AvgIpc) is 2.54. The van der Waals surface area contributed by atoms with Gasteiger partial charge in [0.25, 0.3) is 0 Å². The van der Waals surface area contributed by atoms with Crippen molar-refractivity contribution in [1.29, 1.82) is 0 Å². The second-order valence-electron chi connectivity index (χ2n) is 6.96. The van der Waals surface area contributed by atoms with Crippen LogP contribution in [0.1, 0.15) is 44.4 Å². The van der Waals surface area contributed by atoms with Crippen molar-refractivity contribution in [2.24, 2.45) is 5.92 Å². The molecule has 0 heterocycles. The van der Waals surface area contributed by atoms with Crippen molar-refractivity contribution in [3.8, 4) is 0 Å². The van der Waals surface area contributed by atoms with Crippen LogP contribution < -0.4 is 5.46 Å². The van der Waals surface area contributed by atoms with Crippen molar-refractivity contribution in [3.05, 3.63) is 51.4 Å². The minimum atomic E-state index is -0.0310. The summed E-state index contributed by atoms with van der Waals surface area (Å²) < 4.78 is 0. The second-order valence-corrected chi connectivity index (χ2v) is 7.97. The first-order chi connectivity index (χ1) is 11.4. The Bertz CT molecular complexity index is 759. The third kappa shape index (κ3) is 4.74. The molecule has 1 rings (SSSR count). The predicted molar refractivity (Wildman–Crippen MR) is 122 cm³/mol. The molecule has 1 aromatic rings. The van der Waals surface area contributed by atoms with Gasteiger partial charge in [-0.1, -0.05) is 54.0 Å². The molecule has 0 N–H and O–H groups in total. The lowest BCUT2D eigenvalue weighted by Crippen LogP contribution is -2.17. The summed E-state index contributed by atoms with van der Waals surface area (Å²) in [5, 5.41) is -0.0310. The fourth-order valence-electron chi connectivity index (χ4n) is 2.78. The molecule has 6 radical (unpaired) electrons. The maximum atomic E-state index is 6.44. The van der Waals surface area contributed by atoms with Gasteiger partial charge in [0.15, 0.2) is 0 Å². The Morgan fingerprint density at radius 3 is 2.08 bits per heavy atom. The van der Waals surface area contributed by atoms with E-state index < -0.39 is 0 Å². The van der Waals surface area contributed by atoms with E-state index in [1.54, 1.807) is 0 Å². The molecule has 0 amide bonds. The molecule has 1 atom stereocenters. The number of benzene rings is 1. The predicted octanol–water partition coefficient (Wildman–Crippen LogP) is 4.24. The Morgan fingerprint density at radius 2 is 1.64 bits per heavy atom. The molecule has 0 saturated heterocycles. The van der Waals surface area contributed by atoms with Gasteiger partial charge in [0.05, 0.1) is 0 Å². The molecule has 0 aliphatic rings. The van der Waals surface area contributed by atoms with Gasteiger partial charge in [-0.2, -0.15) is 12.6 Å². The van der Waals surface area contributed by atoms with E-state index >= 15 is 0 Å². The van der Waals surface area contributed by atoms with E-state index in [0.717, 1.165) is 38.3 Å². The molecule has 0 bridgehead atoms. The largest absolute Gasteiger partial charge is 0.171 e. The van der Waals surface area contributed by atoms with Crippen molar-refractivity contribution in [1.82, 2.24) is 0 Å². The van der Waals surface area contributed by atoms with E-state index in [0.29, 0.717) is 22.3 Å². The molecule has 0 saturated carbocycles. The van der Waals surface area contributed by atoms with Crippen LogP contribution in [0.15, 0.2) is 39.6 Å². The first kappa shape index (κ1) is 22.4. The normalized spacial score (nSPS) is 14.9. The Hall–Kier alpha value is -0.665. The van der Waals surface area contributed by atoms with Gasteiger partial charge in [0.1, 0.15) is 23.5 Å². The van der Waals surface area contributed by atoms with E-state index in [-0.39, 0.29) is 5.25 Å². The maximum absolute atomic E-state index is 6.44. The monoisotopic (exact) mass is 362 g/mol. The summed E-state index contributed by atoms with van der Waals surface area (Å²) in [4.78, 5) is 0.800. The molecule has 25 heavy (non-hydrogen) atoms. The lowest BCUT2D eigenvalue weighted by molar-refractivity contribution is 0.663. The Balaban J connectivity index is 3.66. The molecule has 0 aliphatic heterocycles. The Morgan fingerprint density at radius 1 is 1.12 bits per heavy atom. The highest BCUT2D eigenvalue weighted by atomic mass is 32.1. The number of hydrogen-bond donors (Lipinski definition) is 2. The molecule has 0 fully saturated rings. The molecule has 0 aromatic heterocycles. The van der Waals surface area contributed by atoms with Gasteiger partial charge in [0, 0.05) is 10.1 Å². The molecule has 126 valence electrons. The summed E-state index contributed by atoms with van der Waals surface area (Å²) in [6.45, 7) is 16.1. The first-order valence-electron chi connectivity index (χ1n) is 8.31. The third-order valence-corrected chi connectivity index (χ3v) is 6.02. The van der Waals surface area contributed by atoms with Gasteiger partial charge < -0.3 is 0 Å². The molecular formula is C20H25B3S2. The van der Waals surface area contributed by atoms with Crippen LogP contribution >= 0.6 is 25.3 Å². The zero-order chi connectivity index (χ0) is 19.6. The van der Waals surface area contributed by atoms with Crippen LogP contribution in [0.5, 0.6) is 0 Å². The smallest absolute Gasteiger partial charge is 0.115 e. The number of aryl methyl sites for hydroxylation is 1. The highest BCUT2D eigenvalue weighted by molar-refractivity contribution is 7.81. The summed E-state index contributed by atoms with van der Waals surface area (Å²) in [5.41, 5.74) is 7.33. The summed E-state index contributed by atoms with van der Waals surface area (Å²) in [6.07, 6.45) is 0. The second kappa shape index (κ2) is 8.82. The third-order valence-electron chi connectivity index (χ3n) is 4.57. The van der Waals surface area contributed by atoms with Gasteiger partial charge in [0.2, 0.25) is 0 Å². The SMILES string of the molecule is [B]C(/C([B])=C(\C(=C)C)C(S)C(C)C)=C(/C)c1cc(C)c(S)c([B])c1C. The quantitative estimate of drug-likeness (QED) is 0.437. The molecular weight excluding hydrogens is 337 g/mol. The number of allylic oxidation sites excluding steroid dienone is 4. The van der Waals surface area contributed by atoms with E-state index in [2.05, 4.69) is 33.1 Å². The maximum Gasteiger partial charge on any atom is 0.115 e. The van der Waals surface area contributed by atoms with Crippen LogP contribution in [0.25, 0.3) is 5.57 Å². The fraction of sp³-hybridized carbons (Fsp3) is 0.400. The zero-order valence-corrected chi connectivity index (χ0v) is 17.9. The lowest BCUT2D eigenvalue weighted by Gasteiger charge is -2.25. The summed E-state index contributed by atoms with van der Waals surface area (Å²) in [7, 11) is 19.1. The van der Waals surface area contributed by atoms with E-state index in [9.17, 15) is 0 Å². The van der Waals surface area contributed by atoms with Crippen LogP contribution in [0.3, 0.4) is 0 Å². The minimum Gasteiger partial charge on any atom is -0.171 e. The summed E-state index contributed by atoms with van der Waals surface area (Å²) in [5.74, 6) is 0.310. The lowest BCUT2D eigenvalue weighted by atomic mass is 9.69. The Kier molecular flexibility index (Phi) is 7.89. The fourth-order valence-corrected chi connectivity index (χ4v) is 3.38. The zero-order valence-electron chi connectivity index (χ0n) is 16.1. The van der Waals surface area contributed by atoms with Crippen molar-refractivity contribution in [2.45, 2.75) is 51.7 Å². The highest BCUT2D eigenvalue weighted by Gasteiger charge is 2.19. The van der Waals surface area contributed by atoms with Gasteiger partial charge in [-0.25, -0.2) is 0 Å². The van der Waals surface area contributed by atoms with Crippen molar-refractivity contribution >= 4 is 59.8 Å². The van der Waals surface area contributed by atoms with Crippen LogP contribution in [0, 0.1) is 19.8 Å². The highest BCUT2D eigenvalue weighted by Crippen LogP contribution is 2.32. The molecule has 0 aliphatic carbocycles. The van der Waals surface area contributed by atoms with Crippen LogP contribution in [-0.4, -0.2) is 28.8 Å². The van der Waals surface area contributed by atoms with Gasteiger partial charge in [-0.05, 0) is 55.9 Å². The van der Waals surface area contributed by atoms with Crippen molar-refractivity contribution in [2.75, 3.05) is 0 Å². The molecule has 1 aromatic carbocycles. The topological polar surface area (TPSA) is 0 Å².